The Morgan fingerprint density at radius 2 is 1.87 bits per heavy atom. The Morgan fingerprint density at radius 3 is 2.47 bits per heavy atom. The van der Waals surface area contributed by atoms with Crippen molar-refractivity contribution < 1.29 is 15.3 Å². The Kier molecular flexibility index (Phi) is 4.95. The number of rotatable bonds is 3. The molecule has 1 saturated heterocycles. The normalized spacial score (nSPS) is 39.0. The highest BCUT2D eigenvalue weighted by Gasteiger charge is 2.34. The molecule has 0 aromatic heterocycles. The Labute approximate surface area is 90.5 Å². The molecular formula is C10H22N2O3. The molecule has 1 heterocycles. The van der Waals surface area contributed by atoms with E-state index >= 15 is 0 Å². The van der Waals surface area contributed by atoms with Gasteiger partial charge in [0.2, 0.25) is 0 Å². The van der Waals surface area contributed by atoms with Gasteiger partial charge in [0.25, 0.3) is 0 Å². The molecule has 0 amide bonds. The standard InChI is InChI=1S/C10H22N2O3/c1-2-3-4-12-5-7(11)9(14)10(15)8(13)6-12/h7-10,13-15H,2-6,11H2,1H3/t7-,8+,9+,10+/m0/s1. The van der Waals surface area contributed by atoms with E-state index in [2.05, 4.69) is 6.92 Å². The van der Waals surface area contributed by atoms with Gasteiger partial charge >= 0.3 is 0 Å². The van der Waals surface area contributed by atoms with Crippen LogP contribution in [0.1, 0.15) is 19.8 Å². The zero-order valence-electron chi connectivity index (χ0n) is 9.21. The van der Waals surface area contributed by atoms with Crippen molar-refractivity contribution in [1.82, 2.24) is 4.90 Å². The van der Waals surface area contributed by atoms with E-state index in [1.54, 1.807) is 0 Å². The molecule has 1 fully saturated rings. The van der Waals surface area contributed by atoms with Crippen LogP contribution < -0.4 is 5.73 Å². The average molecular weight is 218 g/mol. The molecule has 0 bridgehead atoms. The first-order valence-corrected chi connectivity index (χ1v) is 5.58. The second kappa shape index (κ2) is 5.77. The summed E-state index contributed by atoms with van der Waals surface area (Å²) in [5, 5.41) is 28.7. The lowest BCUT2D eigenvalue weighted by Gasteiger charge is -2.23. The Morgan fingerprint density at radius 1 is 1.20 bits per heavy atom. The van der Waals surface area contributed by atoms with Gasteiger partial charge in [-0.15, -0.1) is 0 Å². The fourth-order valence-corrected chi connectivity index (χ4v) is 1.90. The van der Waals surface area contributed by atoms with Crippen molar-refractivity contribution in [3.63, 3.8) is 0 Å². The molecule has 1 aliphatic rings. The molecule has 0 spiro atoms. The van der Waals surface area contributed by atoms with E-state index in [0.29, 0.717) is 13.1 Å². The number of aliphatic hydroxyl groups is 3. The molecule has 15 heavy (non-hydrogen) atoms. The van der Waals surface area contributed by atoms with E-state index in [1.807, 2.05) is 4.90 Å². The molecule has 5 nitrogen and oxygen atoms in total. The second-order valence-electron chi connectivity index (χ2n) is 4.33. The molecule has 0 radical (unpaired) electrons. The SMILES string of the molecule is CCCCN1C[C@@H](O)[C@@H](O)[C@H](O)[C@@H](N)C1. The van der Waals surface area contributed by atoms with Crippen LogP contribution in [-0.4, -0.2) is 64.2 Å². The van der Waals surface area contributed by atoms with Gasteiger partial charge in [0.05, 0.1) is 12.2 Å². The molecule has 4 atom stereocenters. The van der Waals surface area contributed by atoms with Gasteiger partial charge in [0.15, 0.2) is 0 Å². The van der Waals surface area contributed by atoms with Gasteiger partial charge in [0, 0.05) is 19.1 Å². The molecule has 5 heteroatoms. The summed E-state index contributed by atoms with van der Waals surface area (Å²) in [5.41, 5.74) is 5.73. The van der Waals surface area contributed by atoms with Gasteiger partial charge in [-0.05, 0) is 13.0 Å². The third kappa shape index (κ3) is 3.39. The van der Waals surface area contributed by atoms with Crippen LogP contribution >= 0.6 is 0 Å². The maximum Gasteiger partial charge on any atom is 0.109 e. The quantitative estimate of drug-likeness (QED) is 0.463. The summed E-state index contributed by atoms with van der Waals surface area (Å²) in [7, 11) is 0. The lowest BCUT2D eigenvalue weighted by atomic mass is 10.0. The lowest BCUT2D eigenvalue weighted by molar-refractivity contribution is -0.0581. The maximum absolute atomic E-state index is 9.61. The molecule has 0 unspecified atom stereocenters. The summed E-state index contributed by atoms with van der Waals surface area (Å²) in [6, 6.07) is -0.492. The minimum Gasteiger partial charge on any atom is -0.389 e. The maximum atomic E-state index is 9.61. The Hall–Kier alpha value is -0.200. The van der Waals surface area contributed by atoms with Crippen molar-refractivity contribution >= 4 is 0 Å². The van der Waals surface area contributed by atoms with Gasteiger partial charge in [-0.1, -0.05) is 13.3 Å². The third-order valence-corrected chi connectivity index (χ3v) is 2.92. The largest absolute Gasteiger partial charge is 0.389 e. The number of β-amino-alcohol motifs (C(OH)–C–C–N with tert-alkyl or cyclic N) is 1. The van der Waals surface area contributed by atoms with Crippen molar-refractivity contribution in [2.24, 2.45) is 5.73 Å². The first-order valence-electron chi connectivity index (χ1n) is 5.58. The van der Waals surface area contributed by atoms with E-state index < -0.39 is 24.4 Å². The highest BCUT2D eigenvalue weighted by atomic mass is 16.4. The molecule has 1 aliphatic heterocycles. The molecule has 90 valence electrons. The van der Waals surface area contributed by atoms with Crippen molar-refractivity contribution in [3.8, 4) is 0 Å². The molecule has 0 aromatic rings. The summed E-state index contributed by atoms with van der Waals surface area (Å²) in [6.07, 6.45) is -0.970. The first kappa shape index (κ1) is 12.9. The summed E-state index contributed by atoms with van der Waals surface area (Å²) < 4.78 is 0. The first-order chi connectivity index (χ1) is 7.06. The Bertz CT molecular complexity index is 176. The predicted molar refractivity (Wildman–Crippen MR) is 57.3 cm³/mol. The smallest absolute Gasteiger partial charge is 0.109 e. The molecule has 1 rings (SSSR count). The molecular weight excluding hydrogens is 196 g/mol. The fourth-order valence-electron chi connectivity index (χ4n) is 1.90. The van der Waals surface area contributed by atoms with E-state index in [9.17, 15) is 15.3 Å². The molecule has 0 saturated carbocycles. The molecule has 5 N–H and O–H groups in total. The zero-order valence-corrected chi connectivity index (χ0v) is 9.21. The number of aliphatic hydroxyl groups excluding tert-OH is 3. The van der Waals surface area contributed by atoms with Crippen molar-refractivity contribution in [2.75, 3.05) is 19.6 Å². The third-order valence-electron chi connectivity index (χ3n) is 2.92. The van der Waals surface area contributed by atoms with Crippen molar-refractivity contribution in [2.45, 2.75) is 44.1 Å². The van der Waals surface area contributed by atoms with Gasteiger partial charge in [-0.25, -0.2) is 0 Å². The van der Waals surface area contributed by atoms with Crippen LogP contribution in [0.5, 0.6) is 0 Å². The Balaban J connectivity index is 2.55. The zero-order chi connectivity index (χ0) is 11.4. The van der Waals surface area contributed by atoms with Crippen LogP contribution in [0.4, 0.5) is 0 Å². The number of likely N-dealkylation sites (tertiary alicyclic amines) is 1. The van der Waals surface area contributed by atoms with Crippen LogP contribution in [0.2, 0.25) is 0 Å². The van der Waals surface area contributed by atoms with Crippen molar-refractivity contribution in [1.29, 1.82) is 0 Å². The molecule has 0 aromatic carbocycles. The monoisotopic (exact) mass is 218 g/mol. The van der Waals surface area contributed by atoms with Crippen LogP contribution in [0.25, 0.3) is 0 Å². The van der Waals surface area contributed by atoms with Crippen molar-refractivity contribution in [3.05, 3.63) is 0 Å². The van der Waals surface area contributed by atoms with Crippen LogP contribution in [0.15, 0.2) is 0 Å². The number of hydrogen-bond acceptors (Lipinski definition) is 5. The van der Waals surface area contributed by atoms with E-state index in [4.69, 9.17) is 5.73 Å². The van der Waals surface area contributed by atoms with Gasteiger partial charge in [0.1, 0.15) is 6.10 Å². The number of hydrogen-bond donors (Lipinski definition) is 4. The number of nitrogens with two attached hydrogens (primary N) is 1. The fraction of sp³-hybridized carbons (Fsp3) is 1.00. The van der Waals surface area contributed by atoms with E-state index in [0.717, 1.165) is 19.4 Å². The second-order valence-corrected chi connectivity index (χ2v) is 4.33. The highest BCUT2D eigenvalue weighted by molar-refractivity contribution is 4.90. The van der Waals surface area contributed by atoms with Crippen LogP contribution in [0, 0.1) is 0 Å². The van der Waals surface area contributed by atoms with Crippen LogP contribution in [-0.2, 0) is 0 Å². The minimum absolute atomic E-state index is 0.381. The van der Waals surface area contributed by atoms with Gasteiger partial charge in [-0.2, -0.15) is 0 Å². The molecule has 0 aliphatic carbocycles. The summed E-state index contributed by atoms with van der Waals surface area (Å²) >= 11 is 0. The predicted octanol–water partition coefficient (Wildman–Crippen LogP) is -1.49. The van der Waals surface area contributed by atoms with Gasteiger partial charge < -0.3 is 21.1 Å². The average Bonchev–Trinajstić information content (AvgIpc) is 2.30. The lowest BCUT2D eigenvalue weighted by Crippen LogP contribution is -2.48. The van der Waals surface area contributed by atoms with Gasteiger partial charge in [-0.3, -0.25) is 4.90 Å². The summed E-state index contributed by atoms with van der Waals surface area (Å²) in [6.45, 7) is 3.85. The topological polar surface area (TPSA) is 90.0 Å². The minimum atomic E-state index is -1.13. The summed E-state index contributed by atoms with van der Waals surface area (Å²) in [4.78, 5) is 2.00. The number of nitrogens with zero attached hydrogens (tertiary/aromatic N) is 1. The van der Waals surface area contributed by atoms with Crippen LogP contribution in [0.3, 0.4) is 0 Å². The van der Waals surface area contributed by atoms with E-state index in [-0.39, 0.29) is 0 Å². The van der Waals surface area contributed by atoms with E-state index in [1.165, 1.54) is 0 Å². The number of unbranched alkanes of at least 4 members (excludes halogenated alkanes) is 1. The highest BCUT2D eigenvalue weighted by Crippen LogP contribution is 2.12. The summed E-state index contributed by atoms with van der Waals surface area (Å²) in [5.74, 6) is 0.